The van der Waals surface area contributed by atoms with Crippen LogP contribution in [-0.2, 0) is 6.42 Å². The molecule has 3 heteroatoms. The number of rotatable bonds is 6. The second kappa shape index (κ2) is 6.08. The zero-order chi connectivity index (χ0) is 12.3. The van der Waals surface area contributed by atoms with Gasteiger partial charge < -0.3 is 5.32 Å². The fraction of sp³-hybridized carbons (Fsp3) is 0.571. The third-order valence-electron chi connectivity index (χ3n) is 3.40. The highest BCUT2D eigenvalue weighted by Crippen LogP contribution is 2.35. The quantitative estimate of drug-likeness (QED) is 0.813. The number of hydrogen-bond donors (Lipinski definition) is 1. The Morgan fingerprint density at radius 2 is 2.12 bits per heavy atom. The molecule has 0 bridgehead atoms. The molecule has 1 aromatic rings. The van der Waals surface area contributed by atoms with Crippen LogP contribution in [0.15, 0.2) is 18.2 Å². The molecule has 0 amide bonds. The van der Waals surface area contributed by atoms with Gasteiger partial charge in [-0.1, -0.05) is 36.2 Å². The summed E-state index contributed by atoms with van der Waals surface area (Å²) in [5.74, 6) is 0.890. The van der Waals surface area contributed by atoms with Crippen LogP contribution < -0.4 is 5.32 Å². The van der Waals surface area contributed by atoms with E-state index in [0.29, 0.717) is 11.1 Å². The maximum Gasteiger partial charge on any atom is 0.0452 e. The third kappa shape index (κ3) is 3.87. The Balaban J connectivity index is 1.91. The minimum Gasteiger partial charge on any atom is -0.314 e. The lowest BCUT2D eigenvalue weighted by Crippen LogP contribution is -2.31. The predicted octanol–water partition coefficient (Wildman–Crippen LogP) is 4.31. The van der Waals surface area contributed by atoms with Gasteiger partial charge in [0.25, 0.3) is 0 Å². The molecule has 2 rings (SSSR count). The van der Waals surface area contributed by atoms with Gasteiger partial charge >= 0.3 is 0 Å². The molecule has 0 heterocycles. The predicted molar refractivity (Wildman–Crippen MR) is 75.0 cm³/mol. The molecule has 1 atom stereocenters. The van der Waals surface area contributed by atoms with Gasteiger partial charge in [-0.05, 0) is 55.8 Å². The van der Waals surface area contributed by atoms with Crippen molar-refractivity contribution in [3.05, 3.63) is 33.8 Å². The maximum absolute atomic E-state index is 6.18. The summed E-state index contributed by atoms with van der Waals surface area (Å²) in [5.41, 5.74) is 1.21. The van der Waals surface area contributed by atoms with Crippen LogP contribution in [0.5, 0.6) is 0 Å². The molecule has 0 radical (unpaired) electrons. The number of halogens is 2. The van der Waals surface area contributed by atoms with E-state index in [2.05, 4.69) is 12.2 Å². The Hall–Kier alpha value is -0.240. The summed E-state index contributed by atoms with van der Waals surface area (Å²) in [7, 11) is 0. The molecule has 94 valence electrons. The van der Waals surface area contributed by atoms with Crippen LogP contribution in [0.2, 0.25) is 10.0 Å². The van der Waals surface area contributed by atoms with E-state index < -0.39 is 0 Å². The van der Waals surface area contributed by atoms with E-state index in [4.69, 9.17) is 23.2 Å². The smallest absolute Gasteiger partial charge is 0.0452 e. The Morgan fingerprint density at radius 1 is 1.35 bits per heavy atom. The molecule has 17 heavy (non-hydrogen) atoms. The van der Waals surface area contributed by atoms with Gasteiger partial charge in [-0.25, -0.2) is 0 Å². The summed E-state index contributed by atoms with van der Waals surface area (Å²) >= 11 is 12.1. The highest BCUT2D eigenvalue weighted by atomic mass is 35.5. The number of aryl methyl sites for hydroxylation is 1. The average Bonchev–Trinajstić information content (AvgIpc) is 3.10. The van der Waals surface area contributed by atoms with Crippen LogP contribution in [0.3, 0.4) is 0 Å². The van der Waals surface area contributed by atoms with Gasteiger partial charge in [0, 0.05) is 16.1 Å². The molecule has 1 nitrogen and oxygen atoms in total. The fourth-order valence-corrected chi connectivity index (χ4v) is 2.80. The highest BCUT2D eigenvalue weighted by Gasteiger charge is 2.30. The van der Waals surface area contributed by atoms with Crippen LogP contribution in [0, 0.1) is 5.92 Å². The Morgan fingerprint density at radius 3 is 2.71 bits per heavy atom. The first-order valence-corrected chi connectivity index (χ1v) is 7.13. The van der Waals surface area contributed by atoms with E-state index in [1.807, 2.05) is 18.2 Å². The van der Waals surface area contributed by atoms with Crippen molar-refractivity contribution in [3.63, 3.8) is 0 Å². The van der Waals surface area contributed by atoms with Gasteiger partial charge in [0.2, 0.25) is 0 Å². The summed E-state index contributed by atoms with van der Waals surface area (Å²) in [4.78, 5) is 0. The molecule has 1 fully saturated rings. The molecular formula is C14H19Cl2N. The molecule has 1 N–H and O–H groups in total. The Labute approximate surface area is 114 Å². The third-order valence-corrected chi connectivity index (χ3v) is 3.98. The Kier molecular flexibility index (Phi) is 4.72. The largest absolute Gasteiger partial charge is 0.314 e. The van der Waals surface area contributed by atoms with E-state index in [1.54, 1.807) is 0 Å². The summed E-state index contributed by atoms with van der Waals surface area (Å²) in [5, 5.41) is 5.08. The van der Waals surface area contributed by atoms with E-state index >= 15 is 0 Å². The minimum absolute atomic E-state index is 0.659. The van der Waals surface area contributed by atoms with E-state index in [1.165, 1.54) is 24.8 Å². The molecular weight excluding hydrogens is 253 g/mol. The van der Waals surface area contributed by atoms with Gasteiger partial charge in [-0.3, -0.25) is 0 Å². The maximum atomic E-state index is 6.18. The zero-order valence-corrected chi connectivity index (χ0v) is 11.7. The SMILES string of the molecule is CCNC(CCc1ccc(Cl)cc1Cl)C1CC1. The summed E-state index contributed by atoms with van der Waals surface area (Å²) in [6.07, 6.45) is 4.96. The van der Waals surface area contributed by atoms with Crippen molar-refractivity contribution >= 4 is 23.2 Å². The monoisotopic (exact) mass is 271 g/mol. The first-order valence-electron chi connectivity index (χ1n) is 6.38. The topological polar surface area (TPSA) is 12.0 Å². The van der Waals surface area contributed by atoms with Crippen molar-refractivity contribution in [2.45, 2.75) is 38.6 Å². The molecule has 1 aliphatic rings. The summed E-state index contributed by atoms with van der Waals surface area (Å²) < 4.78 is 0. The van der Waals surface area contributed by atoms with Crippen LogP contribution in [0.25, 0.3) is 0 Å². The Bertz CT molecular complexity index is 374. The van der Waals surface area contributed by atoms with Gasteiger partial charge in [0.15, 0.2) is 0 Å². The van der Waals surface area contributed by atoms with E-state index in [-0.39, 0.29) is 0 Å². The van der Waals surface area contributed by atoms with Crippen molar-refractivity contribution in [1.29, 1.82) is 0 Å². The van der Waals surface area contributed by atoms with Gasteiger partial charge in [-0.2, -0.15) is 0 Å². The molecule has 0 aliphatic heterocycles. The van der Waals surface area contributed by atoms with Crippen molar-refractivity contribution in [3.8, 4) is 0 Å². The minimum atomic E-state index is 0.659. The number of hydrogen-bond acceptors (Lipinski definition) is 1. The number of nitrogens with one attached hydrogen (secondary N) is 1. The van der Waals surface area contributed by atoms with Crippen LogP contribution in [0.4, 0.5) is 0 Å². The molecule has 0 saturated heterocycles. The second-order valence-corrected chi connectivity index (χ2v) is 5.62. The zero-order valence-electron chi connectivity index (χ0n) is 10.2. The lowest BCUT2D eigenvalue weighted by atomic mass is 10.0. The highest BCUT2D eigenvalue weighted by molar-refractivity contribution is 6.35. The van der Waals surface area contributed by atoms with Crippen LogP contribution >= 0.6 is 23.2 Å². The number of benzene rings is 1. The molecule has 1 aromatic carbocycles. The summed E-state index contributed by atoms with van der Waals surface area (Å²) in [6, 6.07) is 6.45. The van der Waals surface area contributed by atoms with Crippen LogP contribution in [0.1, 0.15) is 31.7 Å². The van der Waals surface area contributed by atoms with Crippen molar-refractivity contribution < 1.29 is 0 Å². The fourth-order valence-electron chi connectivity index (χ4n) is 2.30. The first kappa shape index (κ1) is 13.2. The van der Waals surface area contributed by atoms with Gasteiger partial charge in [0.1, 0.15) is 0 Å². The van der Waals surface area contributed by atoms with Crippen molar-refractivity contribution in [2.75, 3.05) is 6.54 Å². The molecule has 1 aliphatic carbocycles. The molecule has 0 aromatic heterocycles. The lowest BCUT2D eigenvalue weighted by Gasteiger charge is -2.17. The lowest BCUT2D eigenvalue weighted by molar-refractivity contribution is 0.446. The van der Waals surface area contributed by atoms with Gasteiger partial charge in [-0.15, -0.1) is 0 Å². The molecule has 1 saturated carbocycles. The first-order chi connectivity index (χ1) is 8.20. The van der Waals surface area contributed by atoms with Crippen molar-refractivity contribution in [2.24, 2.45) is 5.92 Å². The van der Waals surface area contributed by atoms with E-state index in [0.717, 1.165) is 23.9 Å². The standard InChI is InChI=1S/C14H19Cl2N/c1-2-17-14(11-3-4-11)8-6-10-5-7-12(15)9-13(10)16/h5,7,9,11,14,17H,2-4,6,8H2,1H3. The summed E-state index contributed by atoms with van der Waals surface area (Å²) in [6.45, 7) is 3.22. The van der Waals surface area contributed by atoms with Gasteiger partial charge in [0.05, 0.1) is 0 Å². The molecule has 1 unspecified atom stereocenters. The van der Waals surface area contributed by atoms with Crippen molar-refractivity contribution in [1.82, 2.24) is 5.32 Å². The average molecular weight is 272 g/mol. The van der Waals surface area contributed by atoms with Crippen LogP contribution in [-0.4, -0.2) is 12.6 Å². The normalized spacial score (nSPS) is 17.1. The van der Waals surface area contributed by atoms with E-state index in [9.17, 15) is 0 Å². The molecule has 0 spiro atoms. The second-order valence-electron chi connectivity index (χ2n) is 4.78.